The van der Waals surface area contributed by atoms with Crippen molar-refractivity contribution < 1.29 is 15.0 Å². The summed E-state index contributed by atoms with van der Waals surface area (Å²) in [5, 5.41) is 24.4. The average Bonchev–Trinajstić information content (AvgIpc) is 2.61. The van der Waals surface area contributed by atoms with Crippen molar-refractivity contribution in [2.45, 2.75) is 26.5 Å². The molecule has 5 N–H and O–H groups in total. The number of aliphatic hydroxyl groups is 2. The van der Waals surface area contributed by atoms with Crippen LogP contribution in [0.15, 0.2) is 0 Å². The number of hydrogen-bond acceptors (Lipinski definition) is 5. The summed E-state index contributed by atoms with van der Waals surface area (Å²) in [6, 6.07) is 0. The van der Waals surface area contributed by atoms with Crippen molar-refractivity contribution in [1.29, 1.82) is 0 Å². The minimum absolute atomic E-state index is 0.0251. The molecule has 0 bridgehead atoms. The molecule has 1 aromatic rings. The van der Waals surface area contributed by atoms with Crippen LogP contribution in [0.25, 0.3) is 0 Å². The Morgan fingerprint density at radius 3 is 2.82 bits per heavy atom. The third-order valence-corrected chi connectivity index (χ3v) is 2.40. The summed E-state index contributed by atoms with van der Waals surface area (Å²) in [6.45, 7) is 3.68. The number of nitrogens with two attached hydrogens (primary N) is 1. The number of carbonyl (C=O) groups is 1. The van der Waals surface area contributed by atoms with Crippen molar-refractivity contribution in [1.82, 2.24) is 15.1 Å². The van der Waals surface area contributed by atoms with Gasteiger partial charge in [-0.25, -0.2) is 0 Å². The molecule has 1 aromatic heterocycles. The zero-order valence-electron chi connectivity index (χ0n) is 9.97. The fraction of sp³-hybridized carbons (Fsp3) is 0.600. The Kier molecular flexibility index (Phi) is 4.47. The number of aryl methyl sites for hydroxylation is 2. The molecule has 1 atom stereocenters. The maximum atomic E-state index is 11.8. The number of amides is 1. The minimum Gasteiger partial charge on any atom is -0.395 e. The van der Waals surface area contributed by atoms with Crippen LogP contribution >= 0.6 is 0 Å². The highest BCUT2D eigenvalue weighted by molar-refractivity contribution is 5.97. The number of carbonyl (C=O) groups excluding carboxylic acids is 1. The smallest absolute Gasteiger partial charge is 0.271 e. The Labute approximate surface area is 99.2 Å². The molecule has 0 fully saturated rings. The molecule has 7 nitrogen and oxygen atoms in total. The minimum atomic E-state index is -0.973. The van der Waals surface area contributed by atoms with Crippen molar-refractivity contribution in [3.63, 3.8) is 0 Å². The van der Waals surface area contributed by atoms with Gasteiger partial charge in [0.15, 0.2) is 0 Å². The molecule has 1 heterocycles. The van der Waals surface area contributed by atoms with Crippen LogP contribution in [0.2, 0.25) is 0 Å². The van der Waals surface area contributed by atoms with E-state index in [9.17, 15) is 4.79 Å². The van der Waals surface area contributed by atoms with Crippen LogP contribution in [0, 0.1) is 6.92 Å². The van der Waals surface area contributed by atoms with E-state index in [1.54, 1.807) is 6.92 Å². The van der Waals surface area contributed by atoms with Gasteiger partial charge in [0.1, 0.15) is 5.69 Å². The van der Waals surface area contributed by atoms with E-state index in [0.29, 0.717) is 17.9 Å². The second-order valence-corrected chi connectivity index (χ2v) is 3.71. The van der Waals surface area contributed by atoms with Gasteiger partial charge in [-0.05, 0) is 13.8 Å². The van der Waals surface area contributed by atoms with Crippen LogP contribution in [0.1, 0.15) is 23.1 Å². The van der Waals surface area contributed by atoms with Gasteiger partial charge in [0.05, 0.1) is 24.1 Å². The standard InChI is InChI=1S/C10H18N4O3/c1-3-14-9(8(11)6(2)13-14)10(17)12-4-7(16)5-15/h7,15-16H,3-5,11H2,1-2H3,(H,12,17). The Bertz CT molecular complexity index is 403. The van der Waals surface area contributed by atoms with E-state index in [1.807, 2.05) is 6.92 Å². The average molecular weight is 242 g/mol. The summed E-state index contributed by atoms with van der Waals surface area (Å²) in [6.07, 6.45) is -0.973. The molecule has 1 unspecified atom stereocenters. The van der Waals surface area contributed by atoms with Crippen LogP contribution in [0.5, 0.6) is 0 Å². The van der Waals surface area contributed by atoms with Crippen molar-refractivity contribution >= 4 is 11.6 Å². The first-order valence-electron chi connectivity index (χ1n) is 5.41. The molecule has 0 spiro atoms. The lowest BCUT2D eigenvalue weighted by molar-refractivity contribution is 0.0795. The monoisotopic (exact) mass is 242 g/mol. The Hall–Kier alpha value is -1.60. The number of nitrogens with one attached hydrogen (secondary N) is 1. The molecule has 96 valence electrons. The zero-order chi connectivity index (χ0) is 13.0. The highest BCUT2D eigenvalue weighted by atomic mass is 16.3. The van der Waals surface area contributed by atoms with Crippen LogP contribution in [0.4, 0.5) is 5.69 Å². The summed E-state index contributed by atoms with van der Waals surface area (Å²) < 4.78 is 1.51. The molecule has 1 amide bonds. The van der Waals surface area contributed by atoms with Crippen LogP contribution in [-0.2, 0) is 6.54 Å². The van der Waals surface area contributed by atoms with Gasteiger partial charge >= 0.3 is 0 Å². The van der Waals surface area contributed by atoms with Gasteiger partial charge in [0, 0.05) is 13.1 Å². The van der Waals surface area contributed by atoms with E-state index in [1.165, 1.54) is 4.68 Å². The lowest BCUT2D eigenvalue weighted by Gasteiger charge is -2.10. The Balaban J connectivity index is 2.81. The number of nitrogens with zero attached hydrogens (tertiary/aromatic N) is 2. The molecule has 0 radical (unpaired) electrons. The molecule has 1 rings (SSSR count). The molecule has 0 aromatic carbocycles. The number of aromatic nitrogens is 2. The summed E-state index contributed by atoms with van der Waals surface area (Å²) in [4.78, 5) is 11.8. The third-order valence-electron chi connectivity index (χ3n) is 2.40. The molecular formula is C10H18N4O3. The molecule has 7 heteroatoms. The number of hydrogen-bond donors (Lipinski definition) is 4. The fourth-order valence-electron chi connectivity index (χ4n) is 1.42. The summed E-state index contributed by atoms with van der Waals surface area (Å²) in [7, 11) is 0. The number of nitrogen functional groups attached to an aromatic ring is 1. The summed E-state index contributed by atoms with van der Waals surface area (Å²) >= 11 is 0. The Morgan fingerprint density at radius 1 is 1.65 bits per heavy atom. The second kappa shape index (κ2) is 5.65. The van der Waals surface area contributed by atoms with Crippen LogP contribution < -0.4 is 11.1 Å². The molecule has 0 aliphatic rings. The van der Waals surface area contributed by atoms with Gasteiger partial charge < -0.3 is 21.3 Å². The number of anilines is 1. The van der Waals surface area contributed by atoms with Gasteiger partial charge in [-0.1, -0.05) is 0 Å². The molecule has 0 aliphatic heterocycles. The predicted octanol–water partition coefficient (Wildman–Crippen LogP) is -1.12. The first-order valence-corrected chi connectivity index (χ1v) is 5.41. The zero-order valence-corrected chi connectivity index (χ0v) is 9.97. The van der Waals surface area contributed by atoms with Gasteiger partial charge in [-0.3, -0.25) is 9.48 Å². The van der Waals surface area contributed by atoms with Crippen molar-refractivity contribution in [2.75, 3.05) is 18.9 Å². The van der Waals surface area contributed by atoms with E-state index in [4.69, 9.17) is 15.9 Å². The first-order chi connectivity index (χ1) is 8.01. The highest BCUT2D eigenvalue weighted by Crippen LogP contribution is 2.15. The molecule has 0 aliphatic carbocycles. The predicted molar refractivity (Wildman–Crippen MR) is 62.5 cm³/mol. The van der Waals surface area contributed by atoms with E-state index < -0.39 is 18.6 Å². The third kappa shape index (κ3) is 2.95. The molecule has 17 heavy (non-hydrogen) atoms. The SMILES string of the molecule is CCn1nc(C)c(N)c1C(=O)NCC(O)CO. The van der Waals surface area contributed by atoms with Crippen molar-refractivity contribution in [3.8, 4) is 0 Å². The van der Waals surface area contributed by atoms with Gasteiger partial charge in [0.2, 0.25) is 0 Å². The number of rotatable bonds is 5. The largest absolute Gasteiger partial charge is 0.395 e. The number of aliphatic hydroxyl groups excluding tert-OH is 2. The van der Waals surface area contributed by atoms with Gasteiger partial charge in [-0.2, -0.15) is 5.10 Å². The Morgan fingerprint density at radius 2 is 2.29 bits per heavy atom. The van der Waals surface area contributed by atoms with E-state index in [-0.39, 0.29) is 12.2 Å². The van der Waals surface area contributed by atoms with Crippen molar-refractivity contribution in [2.24, 2.45) is 0 Å². The normalized spacial score (nSPS) is 12.5. The van der Waals surface area contributed by atoms with E-state index >= 15 is 0 Å². The fourth-order valence-corrected chi connectivity index (χ4v) is 1.42. The summed E-state index contributed by atoms with van der Waals surface area (Å²) in [5.41, 5.74) is 6.98. The first kappa shape index (κ1) is 13.5. The highest BCUT2D eigenvalue weighted by Gasteiger charge is 2.19. The maximum absolute atomic E-state index is 11.8. The maximum Gasteiger partial charge on any atom is 0.271 e. The van der Waals surface area contributed by atoms with E-state index in [0.717, 1.165) is 0 Å². The lowest BCUT2D eigenvalue weighted by atomic mass is 10.2. The van der Waals surface area contributed by atoms with Gasteiger partial charge in [-0.15, -0.1) is 0 Å². The second-order valence-electron chi connectivity index (χ2n) is 3.71. The van der Waals surface area contributed by atoms with Gasteiger partial charge in [0.25, 0.3) is 5.91 Å². The van der Waals surface area contributed by atoms with Crippen LogP contribution in [0.3, 0.4) is 0 Å². The van der Waals surface area contributed by atoms with Crippen molar-refractivity contribution in [3.05, 3.63) is 11.4 Å². The summed E-state index contributed by atoms with van der Waals surface area (Å²) in [5.74, 6) is -0.405. The quantitative estimate of drug-likeness (QED) is 0.522. The molecule has 0 saturated carbocycles. The van der Waals surface area contributed by atoms with Crippen LogP contribution in [-0.4, -0.2) is 45.2 Å². The topological polar surface area (TPSA) is 113 Å². The van der Waals surface area contributed by atoms with E-state index in [2.05, 4.69) is 10.4 Å². The lowest BCUT2D eigenvalue weighted by Crippen LogP contribution is -2.35. The molecular weight excluding hydrogens is 224 g/mol. The molecule has 0 saturated heterocycles.